The van der Waals surface area contributed by atoms with E-state index < -0.39 is 0 Å². The van der Waals surface area contributed by atoms with E-state index in [1.165, 1.54) is 0 Å². The lowest BCUT2D eigenvalue weighted by Crippen LogP contribution is -2.21. The molecule has 4 nitrogen and oxygen atoms in total. The number of halogens is 1. The number of H-pyrrole nitrogens is 1. The quantitative estimate of drug-likeness (QED) is 0.813. The molecule has 18 heavy (non-hydrogen) atoms. The van der Waals surface area contributed by atoms with Gasteiger partial charge in [-0.05, 0) is 41.0 Å². The number of hydrogen-bond donors (Lipinski definition) is 2. The molecule has 1 fully saturated rings. The lowest BCUT2D eigenvalue weighted by molar-refractivity contribution is 0.440. The highest BCUT2D eigenvalue weighted by Crippen LogP contribution is 2.52. The molecule has 2 N–H and O–H groups in total. The van der Waals surface area contributed by atoms with Gasteiger partial charge in [-0.3, -0.25) is 4.79 Å². The van der Waals surface area contributed by atoms with Gasteiger partial charge in [-0.1, -0.05) is 30.3 Å². The third-order valence-corrected chi connectivity index (χ3v) is 4.35. The summed E-state index contributed by atoms with van der Waals surface area (Å²) in [6.07, 6.45) is 1.89. The topological polar surface area (TPSA) is 66.0 Å². The molecule has 0 amide bonds. The highest BCUT2D eigenvalue weighted by molar-refractivity contribution is 14.1. The molecule has 1 aliphatic carbocycles. The van der Waals surface area contributed by atoms with Gasteiger partial charge in [0.2, 0.25) is 5.88 Å². The normalized spacial score (nSPS) is 16.5. The molecule has 92 valence electrons. The number of aromatic hydroxyl groups is 1. The van der Waals surface area contributed by atoms with E-state index in [0.717, 1.165) is 18.4 Å². The highest BCUT2D eigenvalue weighted by atomic mass is 127. The van der Waals surface area contributed by atoms with E-state index in [-0.39, 0.29) is 20.4 Å². The molecule has 0 radical (unpaired) electrons. The van der Waals surface area contributed by atoms with Crippen LogP contribution in [0.3, 0.4) is 0 Å². The van der Waals surface area contributed by atoms with E-state index >= 15 is 0 Å². The number of aromatic amines is 1. The van der Waals surface area contributed by atoms with Crippen molar-refractivity contribution in [3.05, 3.63) is 55.6 Å². The Bertz CT molecular complexity index is 648. The number of nitrogens with zero attached hydrogens (tertiary/aromatic N) is 1. The Hall–Kier alpha value is -1.37. The fourth-order valence-electron chi connectivity index (χ4n) is 2.22. The molecule has 0 spiro atoms. The van der Waals surface area contributed by atoms with Crippen LogP contribution in [-0.2, 0) is 5.41 Å². The maximum atomic E-state index is 11.7. The highest BCUT2D eigenvalue weighted by Gasteiger charge is 2.48. The zero-order valence-electron chi connectivity index (χ0n) is 9.48. The molecule has 2 aromatic rings. The molecular formula is C13H11IN2O2. The lowest BCUT2D eigenvalue weighted by atomic mass is 9.95. The molecule has 1 aliphatic rings. The first-order valence-electron chi connectivity index (χ1n) is 5.68. The van der Waals surface area contributed by atoms with Crippen LogP contribution in [0.1, 0.15) is 24.2 Å². The van der Waals surface area contributed by atoms with Gasteiger partial charge in [0.15, 0.2) is 0 Å². The second-order valence-electron chi connectivity index (χ2n) is 4.50. The fourth-order valence-corrected chi connectivity index (χ4v) is 2.47. The Balaban J connectivity index is 2.14. The molecule has 0 saturated heterocycles. The number of benzene rings is 1. The molecule has 0 unspecified atom stereocenters. The number of hydrogen-bond acceptors (Lipinski definition) is 3. The summed E-state index contributed by atoms with van der Waals surface area (Å²) in [6.45, 7) is 0. The summed E-state index contributed by atoms with van der Waals surface area (Å²) in [5, 5.41) is 9.68. The van der Waals surface area contributed by atoms with Crippen LogP contribution in [0.4, 0.5) is 0 Å². The van der Waals surface area contributed by atoms with Gasteiger partial charge in [0.25, 0.3) is 5.56 Å². The Morgan fingerprint density at radius 3 is 2.50 bits per heavy atom. The summed E-state index contributed by atoms with van der Waals surface area (Å²) < 4.78 is 0.236. The third-order valence-electron chi connectivity index (χ3n) is 3.37. The van der Waals surface area contributed by atoms with Gasteiger partial charge >= 0.3 is 0 Å². The molecule has 0 bridgehead atoms. The van der Waals surface area contributed by atoms with Crippen molar-refractivity contribution in [3.63, 3.8) is 0 Å². The van der Waals surface area contributed by atoms with Crippen LogP contribution in [0.15, 0.2) is 35.1 Å². The summed E-state index contributed by atoms with van der Waals surface area (Å²) in [4.78, 5) is 18.6. The van der Waals surface area contributed by atoms with Gasteiger partial charge in [0.1, 0.15) is 9.39 Å². The Morgan fingerprint density at radius 1 is 1.28 bits per heavy atom. The molecular weight excluding hydrogens is 343 g/mol. The van der Waals surface area contributed by atoms with Crippen molar-refractivity contribution in [2.75, 3.05) is 0 Å². The molecule has 0 aliphatic heterocycles. The lowest BCUT2D eigenvalue weighted by Gasteiger charge is -2.15. The first kappa shape index (κ1) is 11.7. The minimum atomic E-state index is -0.277. The molecule has 5 heteroatoms. The second-order valence-corrected chi connectivity index (χ2v) is 5.58. The molecule has 1 aromatic carbocycles. The summed E-state index contributed by atoms with van der Waals surface area (Å²) >= 11 is 1.79. The van der Waals surface area contributed by atoms with Crippen molar-refractivity contribution in [1.29, 1.82) is 0 Å². The van der Waals surface area contributed by atoms with E-state index in [1.807, 2.05) is 30.3 Å². The average molecular weight is 354 g/mol. The summed E-state index contributed by atoms with van der Waals surface area (Å²) in [5.41, 5.74) is 0.636. The predicted octanol–water partition coefficient (Wildman–Crippen LogP) is 2.16. The van der Waals surface area contributed by atoms with E-state index in [9.17, 15) is 9.90 Å². The van der Waals surface area contributed by atoms with Crippen molar-refractivity contribution < 1.29 is 5.11 Å². The van der Waals surface area contributed by atoms with Crippen molar-refractivity contribution in [3.8, 4) is 5.88 Å². The van der Waals surface area contributed by atoms with E-state index in [4.69, 9.17) is 0 Å². The minimum absolute atomic E-state index is 0.184. The number of aromatic nitrogens is 2. The monoisotopic (exact) mass is 354 g/mol. The van der Waals surface area contributed by atoms with Crippen molar-refractivity contribution in [1.82, 2.24) is 9.97 Å². The van der Waals surface area contributed by atoms with Crippen LogP contribution in [0.25, 0.3) is 0 Å². The standard InChI is InChI=1S/C13H11IN2O2/c14-9-10(17)15-12(16-11(9)18)13(6-7-13)8-4-2-1-3-5-8/h1-5H,6-7H2,(H2,15,16,17,18). The van der Waals surface area contributed by atoms with Gasteiger partial charge in [-0.2, -0.15) is 4.98 Å². The minimum Gasteiger partial charge on any atom is -0.492 e. The van der Waals surface area contributed by atoms with Gasteiger partial charge in [0, 0.05) is 0 Å². The van der Waals surface area contributed by atoms with Crippen LogP contribution in [-0.4, -0.2) is 15.1 Å². The largest absolute Gasteiger partial charge is 0.492 e. The maximum absolute atomic E-state index is 11.7. The van der Waals surface area contributed by atoms with E-state index in [2.05, 4.69) is 9.97 Å². The first-order chi connectivity index (χ1) is 8.63. The SMILES string of the molecule is O=c1[nH]c(C2(c3ccccc3)CC2)nc(O)c1I. The Labute approximate surface area is 117 Å². The zero-order chi connectivity index (χ0) is 12.8. The maximum Gasteiger partial charge on any atom is 0.268 e. The van der Waals surface area contributed by atoms with Crippen molar-refractivity contribution in [2.24, 2.45) is 0 Å². The molecule has 1 aromatic heterocycles. The fraction of sp³-hybridized carbons (Fsp3) is 0.231. The number of rotatable bonds is 2. The van der Waals surface area contributed by atoms with Gasteiger partial charge < -0.3 is 10.1 Å². The zero-order valence-corrected chi connectivity index (χ0v) is 11.6. The molecule has 1 heterocycles. The first-order valence-corrected chi connectivity index (χ1v) is 6.76. The van der Waals surface area contributed by atoms with Gasteiger partial charge in [-0.25, -0.2) is 0 Å². The Kier molecular flexibility index (Phi) is 2.65. The average Bonchev–Trinajstić information content (AvgIpc) is 3.18. The van der Waals surface area contributed by atoms with Gasteiger partial charge in [-0.15, -0.1) is 0 Å². The third kappa shape index (κ3) is 1.73. The van der Waals surface area contributed by atoms with E-state index in [1.54, 1.807) is 22.6 Å². The van der Waals surface area contributed by atoms with Crippen molar-refractivity contribution in [2.45, 2.75) is 18.3 Å². The second kappa shape index (κ2) is 4.08. The van der Waals surface area contributed by atoms with Crippen LogP contribution in [0, 0.1) is 3.57 Å². The molecule has 0 atom stereocenters. The van der Waals surface area contributed by atoms with Crippen LogP contribution < -0.4 is 5.56 Å². The summed E-state index contributed by atoms with van der Waals surface area (Å²) in [7, 11) is 0. The van der Waals surface area contributed by atoms with Crippen molar-refractivity contribution >= 4 is 22.6 Å². The predicted molar refractivity (Wildman–Crippen MR) is 75.7 cm³/mol. The Morgan fingerprint density at radius 2 is 1.94 bits per heavy atom. The van der Waals surface area contributed by atoms with Crippen LogP contribution >= 0.6 is 22.6 Å². The number of nitrogens with one attached hydrogen (secondary N) is 1. The van der Waals surface area contributed by atoms with Crippen LogP contribution in [0.2, 0.25) is 0 Å². The smallest absolute Gasteiger partial charge is 0.268 e. The van der Waals surface area contributed by atoms with Crippen LogP contribution in [0.5, 0.6) is 5.88 Å². The van der Waals surface area contributed by atoms with Gasteiger partial charge in [0.05, 0.1) is 5.41 Å². The van der Waals surface area contributed by atoms with E-state index in [0.29, 0.717) is 5.82 Å². The summed E-state index contributed by atoms with van der Waals surface area (Å²) in [5.74, 6) is 0.383. The molecule has 3 rings (SSSR count). The summed E-state index contributed by atoms with van der Waals surface area (Å²) in [6, 6.07) is 9.96. The molecule has 1 saturated carbocycles.